The largest absolute Gasteiger partial charge is 0.508 e. The number of phenolic OH excluding ortho intramolecular Hbond substituents is 1. The van der Waals surface area contributed by atoms with E-state index in [1.807, 2.05) is 26.0 Å². The van der Waals surface area contributed by atoms with E-state index in [-0.39, 0.29) is 36.9 Å². The Bertz CT molecular complexity index is 997. The molecule has 0 saturated heterocycles. The smallest absolute Gasteiger partial charge is 0.264 e. The monoisotopic (exact) mass is 518 g/mol. The molecule has 0 bridgehead atoms. The van der Waals surface area contributed by atoms with E-state index in [0.29, 0.717) is 17.2 Å². The highest BCUT2D eigenvalue weighted by Gasteiger charge is 2.14. The van der Waals surface area contributed by atoms with E-state index >= 15 is 0 Å². The van der Waals surface area contributed by atoms with Crippen molar-refractivity contribution < 1.29 is 27.6 Å². The highest BCUT2D eigenvalue weighted by Crippen LogP contribution is 2.34. The number of Topliss-reactive ketones (excluding diaryl/α,β-unsaturated/α-hetero) is 1. The standard InChI is InChI=1S/C21H24BrClO6S/c1-13(2)17-8-14(5-6-21(17)25)9-18-19(22)10-16(11-20(18)23)29-12-15(24)4-3-7-30(26,27)28/h5-6,8,10-11,13,25H,3-4,7,9,12H2,1-2H3,(H,26,27,28). The summed E-state index contributed by atoms with van der Waals surface area (Å²) in [6, 6.07) is 8.82. The van der Waals surface area contributed by atoms with Crippen molar-refractivity contribution in [2.45, 2.75) is 39.0 Å². The number of hydrogen-bond acceptors (Lipinski definition) is 5. The first-order chi connectivity index (χ1) is 14.0. The minimum Gasteiger partial charge on any atom is -0.508 e. The molecule has 0 aliphatic carbocycles. The molecule has 2 N–H and O–H groups in total. The molecule has 0 spiro atoms. The first-order valence-electron chi connectivity index (χ1n) is 9.35. The van der Waals surface area contributed by atoms with E-state index in [1.165, 1.54) is 0 Å². The predicted molar refractivity (Wildman–Crippen MR) is 120 cm³/mol. The third-order valence-corrected chi connectivity index (χ3v) is 6.32. The van der Waals surface area contributed by atoms with Crippen LogP contribution in [0.15, 0.2) is 34.8 Å². The third kappa shape index (κ3) is 7.58. The lowest BCUT2D eigenvalue weighted by atomic mass is 9.96. The van der Waals surface area contributed by atoms with Gasteiger partial charge in [0.05, 0.1) is 5.75 Å². The van der Waals surface area contributed by atoms with Gasteiger partial charge in [0, 0.05) is 22.3 Å². The maximum Gasteiger partial charge on any atom is 0.264 e. The fourth-order valence-electron chi connectivity index (χ4n) is 2.90. The normalized spacial score (nSPS) is 11.7. The number of ketones is 1. The summed E-state index contributed by atoms with van der Waals surface area (Å²) < 4.78 is 36.2. The molecule has 0 aliphatic rings. The van der Waals surface area contributed by atoms with Crippen LogP contribution in [0.2, 0.25) is 5.02 Å². The summed E-state index contributed by atoms with van der Waals surface area (Å²) in [6.45, 7) is 3.80. The molecule has 0 unspecified atom stereocenters. The van der Waals surface area contributed by atoms with E-state index < -0.39 is 15.9 Å². The first-order valence-corrected chi connectivity index (χ1v) is 12.1. The minimum atomic E-state index is -4.07. The summed E-state index contributed by atoms with van der Waals surface area (Å²) in [5.74, 6) is 0.131. The van der Waals surface area contributed by atoms with Gasteiger partial charge in [-0.1, -0.05) is 53.5 Å². The van der Waals surface area contributed by atoms with E-state index in [1.54, 1.807) is 18.2 Å². The van der Waals surface area contributed by atoms with Gasteiger partial charge in [-0.2, -0.15) is 8.42 Å². The van der Waals surface area contributed by atoms with Crippen molar-refractivity contribution in [1.82, 2.24) is 0 Å². The second-order valence-electron chi connectivity index (χ2n) is 7.31. The maximum atomic E-state index is 11.8. The molecule has 6 nitrogen and oxygen atoms in total. The van der Waals surface area contributed by atoms with Crippen LogP contribution in [0.3, 0.4) is 0 Å². The fraction of sp³-hybridized carbons (Fsp3) is 0.381. The first kappa shape index (κ1) is 24.7. The number of rotatable bonds is 10. The number of benzene rings is 2. The van der Waals surface area contributed by atoms with Crippen molar-refractivity contribution in [2.24, 2.45) is 0 Å². The Hall–Kier alpha value is -1.61. The van der Waals surface area contributed by atoms with Gasteiger partial charge in [0.1, 0.15) is 18.1 Å². The van der Waals surface area contributed by atoms with Gasteiger partial charge in [0.2, 0.25) is 0 Å². The number of hydrogen-bond donors (Lipinski definition) is 2. The molecule has 0 saturated carbocycles. The number of carbonyl (C=O) groups excluding carboxylic acids is 1. The van der Waals surface area contributed by atoms with Crippen molar-refractivity contribution in [3.05, 3.63) is 56.5 Å². The molecule has 2 rings (SSSR count). The van der Waals surface area contributed by atoms with E-state index in [9.17, 15) is 18.3 Å². The zero-order valence-corrected chi connectivity index (χ0v) is 19.8. The molecule has 0 amide bonds. The maximum absolute atomic E-state index is 11.8. The van der Waals surface area contributed by atoms with Gasteiger partial charge in [-0.3, -0.25) is 9.35 Å². The van der Waals surface area contributed by atoms with Crippen LogP contribution in [0.1, 0.15) is 49.3 Å². The van der Waals surface area contributed by atoms with Crippen molar-refractivity contribution in [3.63, 3.8) is 0 Å². The highest BCUT2D eigenvalue weighted by atomic mass is 79.9. The Balaban J connectivity index is 2.03. The number of halogens is 2. The molecule has 30 heavy (non-hydrogen) atoms. The zero-order valence-electron chi connectivity index (χ0n) is 16.7. The van der Waals surface area contributed by atoms with Crippen LogP contribution in [0, 0.1) is 0 Å². The van der Waals surface area contributed by atoms with Gasteiger partial charge in [-0.05, 0) is 47.2 Å². The molecule has 0 aromatic heterocycles. The summed E-state index contributed by atoms with van der Waals surface area (Å²) in [5, 5.41) is 10.5. The number of phenols is 1. The molecular weight excluding hydrogens is 496 g/mol. The molecule has 0 aliphatic heterocycles. The molecule has 2 aromatic rings. The molecule has 2 aromatic carbocycles. The Kier molecular flexibility index (Phi) is 8.73. The second-order valence-corrected chi connectivity index (χ2v) is 10.1. The highest BCUT2D eigenvalue weighted by molar-refractivity contribution is 9.10. The number of carbonyl (C=O) groups is 1. The van der Waals surface area contributed by atoms with Crippen molar-refractivity contribution >= 4 is 43.4 Å². The van der Waals surface area contributed by atoms with Crippen molar-refractivity contribution in [3.8, 4) is 11.5 Å². The topological polar surface area (TPSA) is 101 Å². The third-order valence-electron chi connectivity index (χ3n) is 4.47. The van der Waals surface area contributed by atoms with Gasteiger partial charge < -0.3 is 9.84 Å². The Morgan fingerprint density at radius 2 is 1.93 bits per heavy atom. The quantitative estimate of drug-likeness (QED) is 0.422. The second kappa shape index (κ2) is 10.6. The van der Waals surface area contributed by atoms with Crippen molar-refractivity contribution in [1.29, 1.82) is 0 Å². The van der Waals surface area contributed by atoms with Crippen LogP contribution in [0.25, 0.3) is 0 Å². The molecular formula is C21H24BrClO6S. The van der Waals surface area contributed by atoms with Crippen LogP contribution in [-0.4, -0.2) is 36.2 Å². The summed E-state index contributed by atoms with van der Waals surface area (Å²) in [7, 11) is -4.07. The van der Waals surface area contributed by atoms with Crippen LogP contribution in [0.5, 0.6) is 11.5 Å². The molecule has 0 atom stereocenters. The summed E-state index contributed by atoms with van der Waals surface area (Å²) in [6.07, 6.45) is 0.579. The van der Waals surface area contributed by atoms with Crippen LogP contribution >= 0.6 is 27.5 Å². The van der Waals surface area contributed by atoms with Crippen LogP contribution in [0.4, 0.5) is 0 Å². The fourth-order valence-corrected chi connectivity index (χ4v) is 4.38. The summed E-state index contributed by atoms with van der Waals surface area (Å²) >= 11 is 9.92. The lowest BCUT2D eigenvalue weighted by Crippen LogP contribution is -2.13. The lowest BCUT2D eigenvalue weighted by molar-refractivity contribution is -0.121. The van der Waals surface area contributed by atoms with Gasteiger partial charge in [-0.25, -0.2) is 0 Å². The van der Waals surface area contributed by atoms with Crippen LogP contribution < -0.4 is 4.74 Å². The minimum absolute atomic E-state index is 0.00812. The Labute approximate surface area is 190 Å². The summed E-state index contributed by atoms with van der Waals surface area (Å²) in [5.41, 5.74) is 2.72. The molecule has 0 radical (unpaired) electrons. The number of aromatic hydroxyl groups is 1. The van der Waals surface area contributed by atoms with Gasteiger partial charge >= 0.3 is 0 Å². The van der Waals surface area contributed by atoms with Gasteiger partial charge in [0.25, 0.3) is 10.1 Å². The van der Waals surface area contributed by atoms with E-state index in [0.717, 1.165) is 21.2 Å². The SMILES string of the molecule is CC(C)c1cc(Cc2c(Cl)cc(OCC(=O)CCCS(=O)(=O)O)cc2Br)ccc1O. The predicted octanol–water partition coefficient (Wildman–Crippen LogP) is 5.14. The molecule has 164 valence electrons. The van der Waals surface area contributed by atoms with Crippen LogP contribution in [-0.2, 0) is 21.3 Å². The summed E-state index contributed by atoms with van der Waals surface area (Å²) in [4.78, 5) is 11.8. The van der Waals surface area contributed by atoms with E-state index in [2.05, 4.69) is 15.9 Å². The molecule has 0 heterocycles. The van der Waals surface area contributed by atoms with Gasteiger partial charge in [0.15, 0.2) is 5.78 Å². The Morgan fingerprint density at radius 1 is 1.23 bits per heavy atom. The van der Waals surface area contributed by atoms with Crippen molar-refractivity contribution in [2.75, 3.05) is 12.4 Å². The number of ether oxygens (including phenoxy) is 1. The average Bonchev–Trinajstić information content (AvgIpc) is 2.63. The Morgan fingerprint density at radius 3 is 2.53 bits per heavy atom. The molecule has 0 fully saturated rings. The zero-order chi connectivity index (χ0) is 22.5. The average molecular weight is 520 g/mol. The van der Waals surface area contributed by atoms with Gasteiger partial charge in [-0.15, -0.1) is 0 Å². The lowest BCUT2D eigenvalue weighted by Gasteiger charge is -2.14. The van der Waals surface area contributed by atoms with E-state index in [4.69, 9.17) is 20.9 Å². The molecule has 9 heteroatoms.